The Morgan fingerprint density at radius 2 is 1.64 bits per heavy atom. The van der Waals surface area contributed by atoms with Gasteiger partial charge in [-0.15, -0.1) is 10.2 Å². The van der Waals surface area contributed by atoms with Crippen LogP contribution in [0.4, 0.5) is 28.7 Å². The lowest BCUT2D eigenvalue weighted by Gasteiger charge is -2.27. The predicted octanol–water partition coefficient (Wildman–Crippen LogP) is 3.33. The lowest BCUT2D eigenvalue weighted by atomic mass is 10.0. The largest absolute Gasteiger partial charge is 0.494 e. The van der Waals surface area contributed by atoms with Gasteiger partial charge in [-0.2, -0.15) is 5.10 Å². The Hall–Kier alpha value is -7.77. The zero-order valence-electron chi connectivity index (χ0n) is 33.6. The standard InChI is InChI=1S/C41H43N13O7/c1-42-39(58)34-29(47-28-10-8-9-26(35(28)61-3)36-46-22-53(2)52-36)20-32(50-51-34)48-31-15-11-23(21-45-31)37(56)44-18-7-5-4-6-17-43-24-12-13-25-27(19-24)41(60)54(40(25)59)30-14-16-33(55)49-38(30)57/h8-13,15,19-22,30,43H,4-7,14,16-18H2,1-3H3,(H,42,58)(H,44,56)(H,49,55,57)(H2,45,47,48,50). The fourth-order valence-electron chi connectivity index (χ4n) is 6.93. The van der Waals surface area contributed by atoms with E-state index in [0.29, 0.717) is 58.7 Å². The molecule has 5 aromatic rings. The molecule has 0 saturated carbocycles. The van der Waals surface area contributed by atoms with E-state index in [2.05, 4.69) is 57.2 Å². The van der Waals surface area contributed by atoms with Gasteiger partial charge in [0.15, 0.2) is 23.1 Å². The van der Waals surface area contributed by atoms with Crippen molar-refractivity contribution in [2.45, 2.75) is 44.6 Å². The number of piperidine rings is 1. The van der Waals surface area contributed by atoms with Gasteiger partial charge in [-0.05, 0) is 61.7 Å². The summed E-state index contributed by atoms with van der Waals surface area (Å²) < 4.78 is 7.30. The first-order chi connectivity index (χ1) is 29.5. The number of anilines is 5. The van der Waals surface area contributed by atoms with Crippen molar-refractivity contribution in [3.8, 4) is 17.1 Å². The number of nitrogens with zero attached hydrogens (tertiary/aromatic N) is 7. The summed E-state index contributed by atoms with van der Waals surface area (Å²) in [5, 5.41) is 30.0. The first-order valence-corrected chi connectivity index (χ1v) is 19.5. The van der Waals surface area contributed by atoms with E-state index >= 15 is 0 Å². The Morgan fingerprint density at radius 1 is 0.836 bits per heavy atom. The number of methoxy groups -OCH3 is 1. The van der Waals surface area contributed by atoms with Crippen LogP contribution in [-0.4, -0.2) is 104 Å². The van der Waals surface area contributed by atoms with Crippen molar-refractivity contribution in [3.63, 3.8) is 0 Å². The zero-order chi connectivity index (χ0) is 43.0. The van der Waals surface area contributed by atoms with E-state index in [1.807, 2.05) is 12.1 Å². The number of aromatic nitrogens is 6. The van der Waals surface area contributed by atoms with Crippen molar-refractivity contribution >= 4 is 64.1 Å². The van der Waals surface area contributed by atoms with Crippen LogP contribution in [0.1, 0.15) is 80.1 Å². The van der Waals surface area contributed by atoms with Gasteiger partial charge in [-0.3, -0.25) is 43.7 Å². The SMILES string of the molecule is CNC(=O)c1nnc(Nc2ccc(C(=O)NCCCCCCNc3ccc4c(c3)C(=O)N(C3CCC(=O)NC3=O)C4=O)cn2)cc1Nc1cccc(-c2ncn(C)n2)c1OC. The topological polar surface area (TPSA) is 256 Å². The molecule has 314 valence electrons. The highest BCUT2D eigenvalue weighted by atomic mass is 16.5. The number of carbonyl (C=O) groups is 6. The summed E-state index contributed by atoms with van der Waals surface area (Å²) in [6, 6.07) is 14.2. The first-order valence-electron chi connectivity index (χ1n) is 19.5. The number of hydrogen-bond donors (Lipinski definition) is 6. The molecule has 6 amide bonds. The molecular weight excluding hydrogens is 787 g/mol. The molecule has 1 unspecified atom stereocenters. The minimum Gasteiger partial charge on any atom is -0.494 e. The second-order valence-corrected chi connectivity index (χ2v) is 14.2. The van der Waals surface area contributed by atoms with E-state index < -0.39 is 35.6 Å². The van der Waals surface area contributed by atoms with Gasteiger partial charge in [-0.25, -0.2) is 9.97 Å². The minimum atomic E-state index is -1.01. The van der Waals surface area contributed by atoms with Gasteiger partial charge in [0.25, 0.3) is 23.6 Å². The van der Waals surface area contributed by atoms with Crippen LogP contribution in [0.25, 0.3) is 11.4 Å². The van der Waals surface area contributed by atoms with E-state index in [1.54, 1.807) is 60.5 Å². The number of hydrogen-bond acceptors (Lipinski definition) is 15. The van der Waals surface area contributed by atoms with E-state index in [0.717, 1.165) is 30.6 Å². The van der Waals surface area contributed by atoms with E-state index in [1.165, 1.54) is 20.4 Å². The molecule has 3 aromatic heterocycles. The molecule has 1 fully saturated rings. The molecule has 61 heavy (non-hydrogen) atoms. The summed E-state index contributed by atoms with van der Waals surface area (Å²) in [7, 11) is 4.79. The van der Waals surface area contributed by atoms with Crippen molar-refractivity contribution in [1.29, 1.82) is 0 Å². The third-order valence-electron chi connectivity index (χ3n) is 10.0. The van der Waals surface area contributed by atoms with Crippen LogP contribution < -0.4 is 36.6 Å². The van der Waals surface area contributed by atoms with Crippen LogP contribution in [0.3, 0.4) is 0 Å². The number of pyridine rings is 1. The Bertz CT molecular complexity index is 2510. The van der Waals surface area contributed by atoms with Gasteiger partial charge in [0, 0.05) is 51.6 Å². The van der Waals surface area contributed by atoms with Gasteiger partial charge in [0.05, 0.1) is 40.7 Å². The normalized spacial score (nSPS) is 14.6. The maximum atomic E-state index is 13.1. The molecule has 7 rings (SSSR count). The third-order valence-corrected chi connectivity index (χ3v) is 10.0. The highest BCUT2D eigenvalue weighted by Crippen LogP contribution is 2.37. The second kappa shape index (κ2) is 18.4. The van der Waals surface area contributed by atoms with Crippen LogP contribution in [0, 0.1) is 0 Å². The van der Waals surface area contributed by atoms with Gasteiger partial charge in [0.1, 0.15) is 18.2 Å². The van der Waals surface area contributed by atoms with Crippen LogP contribution >= 0.6 is 0 Å². The number of carbonyl (C=O) groups excluding carboxylic acids is 6. The van der Waals surface area contributed by atoms with Gasteiger partial charge >= 0.3 is 0 Å². The summed E-state index contributed by atoms with van der Waals surface area (Å²) >= 11 is 0. The van der Waals surface area contributed by atoms with E-state index in [4.69, 9.17) is 4.74 Å². The Kier molecular flexibility index (Phi) is 12.5. The molecule has 0 spiro atoms. The number of nitrogens with one attached hydrogen (secondary N) is 6. The average Bonchev–Trinajstić information content (AvgIpc) is 3.80. The van der Waals surface area contributed by atoms with E-state index in [-0.39, 0.29) is 41.4 Å². The van der Waals surface area contributed by atoms with Crippen molar-refractivity contribution in [3.05, 3.63) is 89.5 Å². The fourth-order valence-corrected chi connectivity index (χ4v) is 6.93. The zero-order valence-corrected chi connectivity index (χ0v) is 33.6. The third kappa shape index (κ3) is 9.27. The molecule has 1 atom stereocenters. The minimum absolute atomic E-state index is 0.0456. The van der Waals surface area contributed by atoms with Crippen LogP contribution in [0.5, 0.6) is 5.75 Å². The molecule has 2 aliphatic rings. The number of ether oxygens (including phenoxy) is 1. The van der Waals surface area contributed by atoms with Crippen LogP contribution in [0.15, 0.2) is 67.1 Å². The molecule has 2 aliphatic heterocycles. The number of para-hydroxylation sites is 1. The summed E-state index contributed by atoms with van der Waals surface area (Å²) in [6.45, 7) is 1.11. The number of fused-ring (bicyclic) bond motifs is 1. The van der Waals surface area contributed by atoms with Crippen molar-refractivity contribution < 1.29 is 33.5 Å². The van der Waals surface area contributed by atoms with Gasteiger partial charge in [0.2, 0.25) is 11.8 Å². The van der Waals surface area contributed by atoms with Crippen molar-refractivity contribution in [2.24, 2.45) is 7.05 Å². The van der Waals surface area contributed by atoms with E-state index in [9.17, 15) is 28.8 Å². The van der Waals surface area contributed by atoms with Gasteiger partial charge in [-0.1, -0.05) is 18.9 Å². The predicted molar refractivity (Wildman–Crippen MR) is 222 cm³/mol. The molecule has 0 radical (unpaired) electrons. The molecule has 5 heterocycles. The maximum Gasteiger partial charge on any atom is 0.273 e. The van der Waals surface area contributed by atoms with Crippen LogP contribution in [-0.2, 0) is 16.6 Å². The lowest BCUT2D eigenvalue weighted by molar-refractivity contribution is -0.136. The smallest absolute Gasteiger partial charge is 0.273 e. The molecular formula is C41H43N13O7. The number of rotatable bonds is 17. The molecule has 6 N–H and O–H groups in total. The number of imide groups is 2. The summed E-state index contributed by atoms with van der Waals surface area (Å²) in [4.78, 5) is 85.1. The summed E-state index contributed by atoms with van der Waals surface area (Å²) in [5.41, 5.74) is 3.08. The van der Waals surface area contributed by atoms with Crippen molar-refractivity contribution in [2.75, 3.05) is 43.2 Å². The highest BCUT2D eigenvalue weighted by molar-refractivity contribution is 6.23. The van der Waals surface area contributed by atoms with Crippen LogP contribution in [0.2, 0.25) is 0 Å². The summed E-state index contributed by atoms with van der Waals surface area (Å²) in [5.74, 6) is -1.26. The number of aryl methyl sites for hydroxylation is 1. The molecule has 2 aromatic carbocycles. The maximum absolute atomic E-state index is 13.1. The highest BCUT2D eigenvalue weighted by Gasteiger charge is 2.44. The molecule has 0 aliphatic carbocycles. The number of benzene rings is 2. The number of unbranched alkanes of at least 4 members (excludes halogenated alkanes) is 3. The number of amides is 6. The summed E-state index contributed by atoms with van der Waals surface area (Å²) in [6.07, 6.45) is 6.56. The Morgan fingerprint density at radius 3 is 2.36 bits per heavy atom. The lowest BCUT2D eigenvalue weighted by Crippen LogP contribution is -2.54. The Labute approximate surface area is 349 Å². The monoisotopic (exact) mass is 829 g/mol. The fraction of sp³-hybridized carbons (Fsp3) is 0.293. The van der Waals surface area contributed by atoms with Crippen molar-refractivity contribution in [1.82, 2.24) is 50.8 Å². The molecule has 20 heteroatoms. The average molecular weight is 830 g/mol. The first kappa shape index (κ1) is 41.4. The van der Waals surface area contributed by atoms with Gasteiger partial charge < -0.3 is 31.3 Å². The Balaban J connectivity index is 0.858. The quantitative estimate of drug-likeness (QED) is 0.0581. The second-order valence-electron chi connectivity index (χ2n) is 14.2. The molecule has 1 saturated heterocycles. The molecule has 0 bridgehead atoms. The molecule has 20 nitrogen and oxygen atoms in total.